The molecule has 5 aromatic rings. The van der Waals surface area contributed by atoms with Gasteiger partial charge in [0.2, 0.25) is 0 Å². The third-order valence-electron chi connectivity index (χ3n) is 6.22. The van der Waals surface area contributed by atoms with E-state index in [-0.39, 0.29) is 16.8 Å². The first-order valence-electron chi connectivity index (χ1n) is 11.3. The number of aromatic nitrogens is 5. The molecule has 0 saturated heterocycles. The van der Waals surface area contributed by atoms with Crippen molar-refractivity contribution in [2.75, 3.05) is 0 Å². The van der Waals surface area contributed by atoms with Crippen LogP contribution >= 0.6 is 15.9 Å². The molecule has 0 radical (unpaired) electrons. The lowest BCUT2D eigenvalue weighted by molar-refractivity contribution is -0.185. The molecule has 0 fully saturated rings. The van der Waals surface area contributed by atoms with E-state index in [0.717, 1.165) is 24.3 Å². The first-order valence-corrected chi connectivity index (χ1v) is 12.1. The zero-order valence-corrected chi connectivity index (χ0v) is 21.5. The molecule has 3 aromatic carbocycles. The monoisotopic (exact) mass is 621 g/mol. The maximum Gasteiger partial charge on any atom is 0.416 e. The first kappa shape index (κ1) is 27.2. The summed E-state index contributed by atoms with van der Waals surface area (Å²) in [7, 11) is 0. The Labute approximate surface area is 229 Å². The summed E-state index contributed by atoms with van der Waals surface area (Å²) in [6.07, 6.45) is -5.35. The summed E-state index contributed by atoms with van der Waals surface area (Å²) in [5.74, 6) is -4.22. The average Bonchev–Trinajstić information content (AvgIpc) is 3.50. The molecular weight excluding hydrogens is 606 g/mol. The molecule has 0 amide bonds. The normalized spacial score (nSPS) is 12.3. The molecule has 40 heavy (non-hydrogen) atoms. The van der Waals surface area contributed by atoms with Gasteiger partial charge in [-0.05, 0) is 48.0 Å². The van der Waals surface area contributed by atoms with E-state index in [1.54, 1.807) is 24.3 Å². The number of carboxylic acid groups (broad SMARTS) is 2. The molecule has 0 atom stereocenters. The van der Waals surface area contributed by atoms with Gasteiger partial charge in [0.25, 0.3) is 5.60 Å². The van der Waals surface area contributed by atoms with Gasteiger partial charge >= 0.3 is 18.1 Å². The van der Waals surface area contributed by atoms with Crippen LogP contribution in [-0.4, -0.2) is 52.9 Å². The van der Waals surface area contributed by atoms with Gasteiger partial charge in [-0.2, -0.15) is 18.3 Å². The molecule has 15 heteroatoms. The Morgan fingerprint density at radius 1 is 1.02 bits per heavy atom. The highest BCUT2D eigenvalue weighted by molar-refractivity contribution is 9.10. The fraction of sp³-hybridized carbons (Fsp3) is 0.160. The van der Waals surface area contributed by atoms with E-state index < -0.39 is 48.1 Å². The number of aromatic amines is 1. The van der Waals surface area contributed by atoms with Crippen LogP contribution < -0.4 is 0 Å². The Morgan fingerprint density at radius 2 is 1.73 bits per heavy atom. The van der Waals surface area contributed by atoms with Gasteiger partial charge < -0.3 is 14.9 Å². The maximum atomic E-state index is 14.2. The summed E-state index contributed by atoms with van der Waals surface area (Å²) in [5, 5.41) is 34.8. The van der Waals surface area contributed by atoms with Crippen LogP contribution in [0.4, 0.5) is 17.6 Å². The predicted molar refractivity (Wildman–Crippen MR) is 134 cm³/mol. The van der Waals surface area contributed by atoms with Gasteiger partial charge in [0.1, 0.15) is 5.52 Å². The van der Waals surface area contributed by atoms with Gasteiger partial charge in [-0.1, -0.05) is 33.3 Å². The number of rotatable bonds is 8. The van der Waals surface area contributed by atoms with E-state index in [9.17, 15) is 37.4 Å². The summed E-state index contributed by atoms with van der Waals surface area (Å²) < 4.78 is 60.2. The number of nitrogens with zero attached hydrogens (tertiary/aromatic N) is 4. The van der Waals surface area contributed by atoms with Crippen molar-refractivity contribution < 1.29 is 42.1 Å². The average molecular weight is 622 g/mol. The SMILES string of the molecule is O=C(O)C(Cc1ccc(C(F)(F)F)cc1)(OCc1[nH]nc2cc(-n3nnc4c(F)cc(Br)cc43)ccc12)C(=O)O. The number of fused-ring (bicyclic) bond motifs is 2. The maximum absolute atomic E-state index is 14.2. The fourth-order valence-electron chi connectivity index (χ4n) is 4.15. The predicted octanol–water partition coefficient (Wildman–Crippen LogP) is 4.88. The molecule has 0 aliphatic rings. The van der Waals surface area contributed by atoms with Crippen molar-refractivity contribution in [1.29, 1.82) is 0 Å². The van der Waals surface area contributed by atoms with E-state index in [0.29, 0.717) is 26.6 Å². The highest BCUT2D eigenvalue weighted by Gasteiger charge is 2.48. The Hall–Kier alpha value is -4.37. The van der Waals surface area contributed by atoms with Crippen LogP contribution in [0.2, 0.25) is 0 Å². The minimum atomic E-state index is -4.61. The van der Waals surface area contributed by atoms with Crippen LogP contribution in [0.1, 0.15) is 16.8 Å². The zero-order valence-electron chi connectivity index (χ0n) is 19.9. The largest absolute Gasteiger partial charge is 0.479 e. The number of hydrogen-bond acceptors (Lipinski definition) is 6. The van der Waals surface area contributed by atoms with E-state index in [1.807, 2.05) is 0 Å². The van der Waals surface area contributed by atoms with E-state index in [2.05, 4.69) is 36.4 Å². The minimum Gasteiger partial charge on any atom is -0.479 e. The smallest absolute Gasteiger partial charge is 0.416 e. The van der Waals surface area contributed by atoms with Crippen molar-refractivity contribution >= 4 is 49.8 Å². The molecule has 206 valence electrons. The Kier molecular flexibility index (Phi) is 6.79. The number of H-pyrrole nitrogens is 1. The zero-order chi connectivity index (χ0) is 28.8. The number of ether oxygens (including phenoxy) is 1. The second kappa shape index (κ2) is 9.98. The van der Waals surface area contributed by atoms with Gasteiger partial charge in [-0.15, -0.1) is 5.10 Å². The number of benzene rings is 3. The van der Waals surface area contributed by atoms with Crippen molar-refractivity contribution in [3.05, 3.63) is 81.7 Å². The second-order valence-electron chi connectivity index (χ2n) is 8.76. The van der Waals surface area contributed by atoms with Gasteiger partial charge in [-0.3, -0.25) is 5.10 Å². The topological polar surface area (TPSA) is 143 Å². The number of carbonyl (C=O) groups is 2. The van der Waals surface area contributed by atoms with Crippen molar-refractivity contribution in [3.63, 3.8) is 0 Å². The Bertz CT molecular complexity index is 1750. The highest BCUT2D eigenvalue weighted by Crippen LogP contribution is 2.31. The van der Waals surface area contributed by atoms with Crippen molar-refractivity contribution in [2.24, 2.45) is 0 Å². The molecule has 2 aromatic heterocycles. The lowest BCUT2D eigenvalue weighted by Gasteiger charge is -2.25. The summed E-state index contributed by atoms with van der Waals surface area (Å²) in [4.78, 5) is 24.2. The third-order valence-corrected chi connectivity index (χ3v) is 6.68. The highest BCUT2D eigenvalue weighted by atomic mass is 79.9. The molecule has 0 aliphatic heterocycles. The summed E-state index contributed by atoms with van der Waals surface area (Å²) in [6.45, 7) is -0.528. The van der Waals surface area contributed by atoms with Crippen LogP contribution in [0, 0.1) is 5.82 Å². The summed E-state index contributed by atoms with van der Waals surface area (Å²) in [6, 6.07) is 11.2. The van der Waals surface area contributed by atoms with E-state index >= 15 is 0 Å². The van der Waals surface area contributed by atoms with Crippen LogP contribution in [0.15, 0.2) is 59.1 Å². The standard InChI is InChI=1S/C25H16BrF4N5O5/c26-14-7-17(27)21-20(8-14)35(34-33-21)15-5-6-16-18(9-15)31-32-19(16)11-40-24(22(36)37,23(38)39)10-12-1-3-13(4-2-12)25(28,29)30/h1-9H,10-11H2,(H,31,32)(H,36,37)(H,38,39). The summed E-state index contributed by atoms with van der Waals surface area (Å²) in [5.41, 5.74) is -2.18. The van der Waals surface area contributed by atoms with Crippen LogP contribution in [0.3, 0.4) is 0 Å². The molecule has 5 rings (SSSR count). The minimum absolute atomic E-state index is 0.0139. The molecule has 0 aliphatic carbocycles. The second-order valence-corrected chi connectivity index (χ2v) is 9.67. The van der Waals surface area contributed by atoms with Gasteiger partial charge in [0.15, 0.2) is 5.82 Å². The molecule has 3 N–H and O–H groups in total. The molecule has 2 heterocycles. The van der Waals surface area contributed by atoms with Crippen molar-refractivity contribution in [2.45, 2.75) is 24.8 Å². The number of aliphatic carboxylic acids is 2. The van der Waals surface area contributed by atoms with Crippen LogP contribution in [-0.2, 0) is 33.5 Å². The molecule has 0 spiro atoms. The molecular formula is C25H16BrF4N5O5. The number of nitrogens with one attached hydrogen (secondary N) is 1. The Balaban J connectivity index is 1.42. The van der Waals surface area contributed by atoms with E-state index in [1.165, 1.54) is 10.7 Å². The number of carboxylic acids is 2. The van der Waals surface area contributed by atoms with Crippen LogP contribution in [0.5, 0.6) is 0 Å². The molecule has 10 nitrogen and oxygen atoms in total. The van der Waals surface area contributed by atoms with Gasteiger partial charge in [-0.25, -0.2) is 18.7 Å². The molecule has 0 unspecified atom stereocenters. The van der Waals surface area contributed by atoms with Crippen molar-refractivity contribution in [1.82, 2.24) is 25.2 Å². The van der Waals surface area contributed by atoms with E-state index in [4.69, 9.17) is 4.74 Å². The number of alkyl halides is 3. The number of hydrogen-bond donors (Lipinski definition) is 3. The lowest BCUT2D eigenvalue weighted by atomic mass is 9.93. The summed E-state index contributed by atoms with van der Waals surface area (Å²) >= 11 is 3.23. The third kappa shape index (κ3) is 4.88. The Morgan fingerprint density at radius 3 is 2.38 bits per heavy atom. The van der Waals surface area contributed by atoms with Crippen molar-refractivity contribution in [3.8, 4) is 5.69 Å². The van der Waals surface area contributed by atoms with Crippen LogP contribution in [0.25, 0.3) is 27.6 Å². The lowest BCUT2D eigenvalue weighted by Crippen LogP contribution is -2.51. The quantitative estimate of drug-likeness (QED) is 0.164. The fourth-order valence-corrected chi connectivity index (χ4v) is 4.57. The molecule has 0 bridgehead atoms. The van der Waals surface area contributed by atoms with Gasteiger partial charge in [0.05, 0.1) is 34.6 Å². The number of halogens is 5. The first-order chi connectivity index (χ1) is 18.9. The molecule has 0 saturated carbocycles. The van der Waals surface area contributed by atoms with Gasteiger partial charge in [0, 0.05) is 16.3 Å².